The summed E-state index contributed by atoms with van der Waals surface area (Å²) in [5, 5.41) is 12.4. The molecule has 1 heterocycles. The number of ether oxygens (including phenoxy) is 1. The highest BCUT2D eigenvalue weighted by Crippen LogP contribution is 2.20. The molecule has 0 aliphatic heterocycles. The summed E-state index contributed by atoms with van der Waals surface area (Å²) in [7, 11) is 1.71. The van der Waals surface area contributed by atoms with Crippen LogP contribution in [0.15, 0.2) is 53.3 Å². The van der Waals surface area contributed by atoms with Gasteiger partial charge in [-0.1, -0.05) is 29.8 Å². The molecule has 2 N–H and O–H groups in total. The van der Waals surface area contributed by atoms with Crippen molar-refractivity contribution in [1.29, 1.82) is 0 Å². The highest BCUT2D eigenvalue weighted by atomic mass is 16.5. The van der Waals surface area contributed by atoms with E-state index in [9.17, 15) is 19.5 Å². The van der Waals surface area contributed by atoms with Gasteiger partial charge < -0.3 is 15.2 Å². The first-order chi connectivity index (χ1) is 14.2. The van der Waals surface area contributed by atoms with Crippen LogP contribution in [0.3, 0.4) is 0 Å². The molecule has 8 nitrogen and oxygen atoms in total. The number of aromatic nitrogens is 2. The van der Waals surface area contributed by atoms with Crippen molar-refractivity contribution in [3.8, 4) is 11.4 Å². The van der Waals surface area contributed by atoms with Crippen molar-refractivity contribution in [2.24, 2.45) is 7.05 Å². The number of carbonyl (C=O) groups is 2. The summed E-state index contributed by atoms with van der Waals surface area (Å²) in [6.07, 6.45) is -1.18. The van der Waals surface area contributed by atoms with E-state index in [1.54, 1.807) is 43.8 Å². The Bertz CT molecular complexity index is 1160. The van der Waals surface area contributed by atoms with Crippen LogP contribution in [0.25, 0.3) is 5.69 Å². The molecule has 3 aromatic rings. The summed E-state index contributed by atoms with van der Waals surface area (Å²) < 4.78 is 8.25. The van der Waals surface area contributed by atoms with Gasteiger partial charge in [0.2, 0.25) is 0 Å². The van der Waals surface area contributed by atoms with E-state index >= 15 is 0 Å². The SMILES string of the molecule is Cc1ccc(O)c(C(=O)OC(C)C(=O)Nc2c(C)n(C)n(-c3ccccc3)c2=O)c1. The number of nitrogens with zero attached hydrogens (tertiary/aromatic N) is 2. The minimum Gasteiger partial charge on any atom is -0.507 e. The van der Waals surface area contributed by atoms with Gasteiger partial charge >= 0.3 is 5.97 Å². The Morgan fingerprint density at radius 1 is 1.10 bits per heavy atom. The zero-order valence-electron chi connectivity index (χ0n) is 17.2. The van der Waals surface area contributed by atoms with Crippen LogP contribution < -0.4 is 10.9 Å². The van der Waals surface area contributed by atoms with Gasteiger partial charge in [-0.2, -0.15) is 0 Å². The first-order valence-corrected chi connectivity index (χ1v) is 9.36. The lowest BCUT2D eigenvalue weighted by Gasteiger charge is -2.14. The standard InChI is InChI=1S/C22H23N3O5/c1-13-10-11-18(26)17(12-13)22(29)30-15(3)20(27)23-19-14(2)24(4)25(21(19)28)16-8-6-5-7-9-16/h5-12,15,26H,1-4H3,(H,23,27). The summed E-state index contributed by atoms with van der Waals surface area (Å²) in [6, 6.07) is 13.5. The average molecular weight is 409 g/mol. The number of carbonyl (C=O) groups excluding carboxylic acids is 2. The maximum atomic E-state index is 12.9. The van der Waals surface area contributed by atoms with E-state index in [-0.39, 0.29) is 17.0 Å². The Hall–Kier alpha value is -3.81. The topological polar surface area (TPSA) is 103 Å². The Kier molecular flexibility index (Phi) is 5.77. The molecule has 0 bridgehead atoms. The van der Waals surface area contributed by atoms with Crippen molar-refractivity contribution in [1.82, 2.24) is 9.36 Å². The number of amides is 1. The fourth-order valence-electron chi connectivity index (χ4n) is 3.03. The second-order valence-corrected chi connectivity index (χ2v) is 6.99. The molecular formula is C22H23N3O5. The Labute approximate surface area is 173 Å². The number of aryl methyl sites for hydroxylation is 1. The molecule has 2 aromatic carbocycles. The fourth-order valence-corrected chi connectivity index (χ4v) is 3.03. The van der Waals surface area contributed by atoms with Crippen LogP contribution in [0.5, 0.6) is 5.75 Å². The van der Waals surface area contributed by atoms with Crippen LogP contribution in [0.2, 0.25) is 0 Å². The van der Waals surface area contributed by atoms with Crippen molar-refractivity contribution >= 4 is 17.6 Å². The van der Waals surface area contributed by atoms with E-state index in [2.05, 4.69) is 5.32 Å². The molecule has 1 atom stereocenters. The molecule has 30 heavy (non-hydrogen) atoms. The molecule has 0 radical (unpaired) electrons. The van der Waals surface area contributed by atoms with E-state index < -0.39 is 23.5 Å². The van der Waals surface area contributed by atoms with E-state index in [0.717, 1.165) is 5.56 Å². The molecular weight excluding hydrogens is 386 g/mol. The quantitative estimate of drug-likeness (QED) is 0.631. The van der Waals surface area contributed by atoms with Gasteiger partial charge in [0.05, 0.1) is 11.4 Å². The molecule has 0 aliphatic carbocycles. The summed E-state index contributed by atoms with van der Waals surface area (Å²) in [5.74, 6) is -1.71. The number of nitrogens with one attached hydrogen (secondary N) is 1. The van der Waals surface area contributed by atoms with Gasteiger partial charge in [0.15, 0.2) is 6.10 Å². The van der Waals surface area contributed by atoms with Crippen LogP contribution >= 0.6 is 0 Å². The number of phenolic OH excluding ortho intramolecular Hbond substituents is 1. The van der Waals surface area contributed by atoms with Gasteiger partial charge in [-0.05, 0) is 45.0 Å². The molecule has 1 aromatic heterocycles. The summed E-state index contributed by atoms with van der Waals surface area (Å²) in [5.41, 5.74) is 1.64. The summed E-state index contributed by atoms with van der Waals surface area (Å²) in [6.45, 7) is 4.87. The molecule has 0 saturated heterocycles. The highest BCUT2D eigenvalue weighted by Gasteiger charge is 2.24. The highest BCUT2D eigenvalue weighted by molar-refractivity contribution is 5.98. The molecule has 0 spiro atoms. The number of benzene rings is 2. The molecule has 0 saturated carbocycles. The molecule has 0 aliphatic rings. The van der Waals surface area contributed by atoms with E-state index in [1.165, 1.54) is 23.7 Å². The van der Waals surface area contributed by atoms with Crippen LogP contribution in [-0.2, 0) is 16.6 Å². The number of rotatable bonds is 5. The number of para-hydroxylation sites is 1. The zero-order chi connectivity index (χ0) is 22.0. The van der Waals surface area contributed by atoms with Crippen molar-refractivity contribution in [2.45, 2.75) is 26.9 Å². The lowest BCUT2D eigenvalue weighted by atomic mass is 10.1. The predicted molar refractivity (Wildman–Crippen MR) is 112 cm³/mol. The second kappa shape index (κ2) is 8.28. The van der Waals surface area contributed by atoms with E-state index in [1.807, 2.05) is 18.2 Å². The van der Waals surface area contributed by atoms with Gasteiger partial charge in [-0.3, -0.25) is 14.3 Å². The average Bonchev–Trinajstić information content (AvgIpc) is 2.93. The lowest BCUT2D eigenvalue weighted by molar-refractivity contribution is -0.123. The summed E-state index contributed by atoms with van der Waals surface area (Å²) >= 11 is 0. The number of aromatic hydroxyl groups is 1. The van der Waals surface area contributed by atoms with Gasteiger partial charge in [0.1, 0.15) is 17.0 Å². The minimum absolute atomic E-state index is 0.0306. The molecule has 1 unspecified atom stereocenters. The summed E-state index contributed by atoms with van der Waals surface area (Å²) in [4.78, 5) is 37.8. The largest absolute Gasteiger partial charge is 0.507 e. The first kappa shape index (κ1) is 20.9. The van der Waals surface area contributed by atoms with Crippen LogP contribution in [0, 0.1) is 13.8 Å². The van der Waals surface area contributed by atoms with Gasteiger partial charge in [0.25, 0.3) is 11.5 Å². The second-order valence-electron chi connectivity index (χ2n) is 6.99. The normalized spacial score (nSPS) is 11.7. The Morgan fingerprint density at radius 3 is 2.43 bits per heavy atom. The third-order valence-electron chi connectivity index (χ3n) is 4.83. The van der Waals surface area contributed by atoms with Crippen LogP contribution in [0.4, 0.5) is 5.69 Å². The van der Waals surface area contributed by atoms with Crippen molar-refractivity contribution in [3.63, 3.8) is 0 Å². The zero-order valence-corrected chi connectivity index (χ0v) is 17.2. The maximum absolute atomic E-state index is 12.9. The fraction of sp³-hybridized carbons (Fsp3) is 0.227. The van der Waals surface area contributed by atoms with Gasteiger partial charge in [-0.15, -0.1) is 0 Å². The van der Waals surface area contributed by atoms with Gasteiger partial charge in [0, 0.05) is 7.05 Å². The third-order valence-corrected chi connectivity index (χ3v) is 4.83. The van der Waals surface area contributed by atoms with E-state index in [4.69, 9.17) is 4.74 Å². The van der Waals surface area contributed by atoms with Crippen molar-refractivity contribution in [2.75, 3.05) is 5.32 Å². The molecule has 8 heteroatoms. The Balaban J connectivity index is 1.80. The smallest absolute Gasteiger partial charge is 0.342 e. The van der Waals surface area contributed by atoms with Crippen molar-refractivity contribution < 1.29 is 19.4 Å². The number of esters is 1. The number of hydrogen-bond donors (Lipinski definition) is 2. The first-order valence-electron chi connectivity index (χ1n) is 9.36. The Morgan fingerprint density at radius 2 is 1.77 bits per heavy atom. The van der Waals surface area contributed by atoms with Crippen LogP contribution in [0.1, 0.15) is 28.5 Å². The number of phenols is 1. The van der Waals surface area contributed by atoms with Gasteiger partial charge in [-0.25, -0.2) is 9.48 Å². The lowest BCUT2D eigenvalue weighted by Crippen LogP contribution is -2.32. The number of hydrogen-bond acceptors (Lipinski definition) is 5. The molecule has 0 fully saturated rings. The monoisotopic (exact) mass is 409 g/mol. The molecule has 156 valence electrons. The predicted octanol–water partition coefficient (Wildman–Crippen LogP) is 2.68. The number of anilines is 1. The third kappa shape index (κ3) is 3.98. The maximum Gasteiger partial charge on any atom is 0.342 e. The van der Waals surface area contributed by atoms with Crippen molar-refractivity contribution in [3.05, 3.63) is 75.7 Å². The van der Waals surface area contributed by atoms with E-state index in [0.29, 0.717) is 11.4 Å². The minimum atomic E-state index is -1.18. The van der Waals surface area contributed by atoms with Crippen LogP contribution in [-0.4, -0.2) is 32.5 Å². The molecule has 1 amide bonds. The molecule has 3 rings (SSSR count).